The SMILES string of the molecule is Cc1noc(C)c1-c1cc(C(N)=O)c2c3cc(C(=O)N4CCCC4)ccc3n(Cc3ccccc3)c2c1. The molecule has 37 heavy (non-hydrogen) atoms. The highest BCUT2D eigenvalue weighted by Gasteiger charge is 2.24. The summed E-state index contributed by atoms with van der Waals surface area (Å²) in [5.41, 5.74) is 12.4. The fourth-order valence-electron chi connectivity index (χ4n) is 5.63. The van der Waals surface area contributed by atoms with Gasteiger partial charge in [-0.1, -0.05) is 35.5 Å². The molecule has 5 aromatic rings. The highest BCUT2D eigenvalue weighted by molar-refractivity contribution is 6.20. The second-order valence-electron chi connectivity index (χ2n) is 9.78. The van der Waals surface area contributed by atoms with Crippen molar-refractivity contribution in [3.8, 4) is 11.1 Å². The Morgan fingerprint density at radius 3 is 2.41 bits per heavy atom. The molecule has 3 heterocycles. The number of hydrogen-bond donors (Lipinski definition) is 1. The number of carbonyl (C=O) groups excluding carboxylic acids is 2. The topological polar surface area (TPSA) is 94.4 Å². The first kappa shape index (κ1) is 23.0. The maximum absolute atomic E-state index is 13.2. The van der Waals surface area contributed by atoms with Crippen LogP contribution in [0.3, 0.4) is 0 Å². The van der Waals surface area contributed by atoms with Crippen LogP contribution < -0.4 is 5.73 Å². The summed E-state index contributed by atoms with van der Waals surface area (Å²) < 4.78 is 7.62. The zero-order chi connectivity index (χ0) is 25.7. The van der Waals surface area contributed by atoms with E-state index in [4.69, 9.17) is 10.3 Å². The molecule has 1 fully saturated rings. The summed E-state index contributed by atoms with van der Waals surface area (Å²) in [6.45, 7) is 5.90. The van der Waals surface area contributed by atoms with Gasteiger partial charge in [0.05, 0.1) is 11.2 Å². The second-order valence-corrected chi connectivity index (χ2v) is 9.78. The lowest BCUT2D eigenvalue weighted by Gasteiger charge is -2.15. The molecule has 0 atom stereocenters. The van der Waals surface area contributed by atoms with Crippen molar-refractivity contribution < 1.29 is 14.1 Å². The number of likely N-dealkylation sites (tertiary alicyclic amines) is 1. The molecule has 1 aliphatic rings. The predicted molar refractivity (Wildman–Crippen MR) is 144 cm³/mol. The van der Waals surface area contributed by atoms with Gasteiger partial charge < -0.3 is 19.7 Å². The fourth-order valence-corrected chi connectivity index (χ4v) is 5.63. The van der Waals surface area contributed by atoms with Gasteiger partial charge in [0.1, 0.15) is 5.76 Å². The molecular formula is C30H28N4O3. The average Bonchev–Trinajstić information content (AvgIpc) is 3.62. The van der Waals surface area contributed by atoms with E-state index in [2.05, 4.69) is 27.9 Å². The summed E-state index contributed by atoms with van der Waals surface area (Å²) in [7, 11) is 0. The van der Waals surface area contributed by atoms with Gasteiger partial charge in [0.15, 0.2) is 0 Å². The minimum atomic E-state index is -0.520. The minimum absolute atomic E-state index is 0.0244. The maximum atomic E-state index is 13.2. The number of hydrogen-bond acceptors (Lipinski definition) is 4. The summed E-state index contributed by atoms with van der Waals surface area (Å²) in [6, 6.07) is 19.9. The lowest BCUT2D eigenvalue weighted by atomic mass is 9.97. The molecule has 0 spiro atoms. The van der Waals surface area contributed by atoms with Crippen LogP contribution in [0.25, 0.3) is 32.9 Å². The van der Waals surface area contributed by atoms with E-state index in [1.807, 2.05) is 61.2 Å². The van der Waals surface area contributed by atoms with Gasteiger partial charge in [0.2, 0.25) is 5.91 Å². The molecule has 0 bridgehead atoms. The third-order valence-electron chi connectivity index (χ3n) is 7.38. The Balaban J connectivity index is 1.65. The smallest absolute Gasteiger partial charge is 0.253 e. The van der Waals surface area contributed by atoms with E-state index < -0.39 is 5.91 Å². The van der Waals surface area contributed by atoms with Crippen molar-refractivity contribution in [2.45, 2.75) is 33.2 Å². The first-order valence-corrected chi connectivity index (χ1v) is 12.6. The molecule has 2 N–H and O–H groups in total. The lowest BCUT2D eigenvalue weighted by Crippen LogP contribution is -2.27. The highest BCUT2D eigenvalue weighted by atomic mass is 16.5. The quantitative estimate of drug-likeness (QED) is 0.353. The maximum Gasteiger partial charge on any atom is 0.253 e. The summed E-state index contributed by atoms with van der Waals surface area (Å²) in [5.74, 6) is 0.182. The van der Waals surface area contributed by atoms with Gasteiger partial charge in [0.25, 0.3) is 5.91 Å². The summed E-state index contributed by atoms with van der Waals surface area (Å²) in [5, 5.41) is 5.71. The Morgan fingerprint density at radius 2 is 1.73 bits per heavy atom. The molecule has 2 amide bonds. The summed E-state index contributed by atoms with van der Waals surface area (Å²) >= 11 is 0. The molecule has 0 aliphatic carbocycles. The van der Waals surface area contributed by atoms with E-state index >= 15 is 0 Å². The number of rotatable bonds is 5. The molecule has 6 rings (SSSR count). The van der Waals surface area contributed by atoms with E-state index in [1.165, 1.54) is 0 Å². The fraction of sp³-hybridized carbons (Fsp3) is 0.233. The molecule has 1 saturated heterocycles. The number of nitrogens with zero attached hydrogens (tertiary/aromatic N) is 3. The van der Waals surface area contributed by atoms with Crippen LogP contribution >= 0.6 is 0 Å². The van der Waals surface area contributed by atoms with Crippen molar-refractivity contribution in [2.24, 2.45) is 5.73 Å². The second kappa shape index (κ2) is 8.92. The molecular weight excluding hydrogens is 464 g/mol. The Hall–Kier alpha value is -4.39. The molecule has 7 heteroatoms. The van der Waals surface area contributed by atoms with Crippen molar-refractivity contribution in [3.63, 3.8) is 0 Å². The van der Waals surface area contributed by atoms with Gasteiger partial charge in [0, 0.05) is 52.6 Å². The number of carbonyl (C=O) groups is 2. The summed E-state index contributed by atoms with van der Waals surface area (Å²) in [4.78, 5) is 28.0. The molecule has 7 nitrogen and oxygen atoms in total. The van der Waals surface area contributed by atoms with Gasteiger partial charge in [-0.3, -0.25) is 9.59 Å². The van der Waals surface area contributed by atoms with Crippen LogP contribution in [0.2, 0.25) is 0 Å². The van der Waals surface area contributed by atoms with Crippen LogP contribution in [0.15, 0.2) is 65.2 Å². The molecule has 1 aliphatic heterocycles. The van der Waals surface area contributed by atoms with Crippen molar-refractivity contribution in [1.82, 2.24) is 14.6 Å². The average molecular weight is 493 g/mol. The number of primary amides is 1. The van der Waals surface area contributed by atoms with Gasteiger partial charge >= 0.3 is 0 Å². The molecule has 0 unspecified atom stereocenters. The molecule has 186 valence electrons. The van der Waals surface area contributed by atoms with Crippen LogP contribution in [-0.2, 0) is 6.54 Å². The van der Waals surface area contributed by atoms with E-state index in [9.17, 15) is 9.59 Å². The molecule has 0 saturated carbocycles. The van der Waals surface area contributed by atoms with E-state index in [1.54, 1.807) is 0 Å². The Bertz CT molecular complexity index is 1650. The van der Waals surface area contributed by atoms with E-state index in [0.717, 1.165) is 70.1 Å². The number of fused-ring (bicyclic) bond motifs is 3. The van der Waals surface area contributed by atoms with E-state index in [-0.39, 0.29) is 5.91 Å². The Labute approximate surface area is 214 Å². The van der Waals surface area contributed by atoms with Gasteiger partial charge in [-0.05, 0) is 68.1 Å². The molecule has 2 aromatic heterocycles. The first-order valence-electron chi connectivity index (χ1n) is 12.6. The van der Waals surface area contributed by atoms with Crippen LogP contribution in [0.5, 0.6) is 0 Å². The normalized spacial score (nSPS) is 13.6. The van der Waals surface area contributed by atoms with Crippen LogP contribution in [0, 0.1) is 13.8 Å². The minimum Gasteiger partial charge on any atom is -0.366 e. The van der Waals surface area contributed by atoms with Gasteiger partial charge in [-0.25, -0.2) is 0 Å². The van der Waals surface area contributed by atoms with E-state index in [0.29, 0.717) is 23.4 Å². The highest BCUT2D eigenvalue weighted by Crippen LogP contribution is 2.38. The van der Waals surface area contributed by atoms with Crippen molar-refractivity contribution in [1.29, 1.82) is 0 Å². The molecule has 3 aromatic carbocycles. The first-order chi connectivity index (χ1) is 17.9. The van der Waals surface area contributed by atoms with Crippen LogP contribution in [-0.4, -0.2) is 39.5 Å². The standard InChI is InChI=1S/C30H28N4O3/c1-18-27(19(2)37-32-18)22-15-24(29(31)35)28-23-14-21(30(36)33-12-6-7-13-33)10-11-25(23)34(26(28)16-22)17-20-8-4-3-5-9-20/h3-5,8-11,14-16H,6-7,12-13,17H2,1-2H3,(H2,31,35). The predicted octanol–water partition coefficient (Wildman–Crippen LogP) is 5.45. The largest absolute Gasteiger partial charge is 0.366 e. The zero-order valence-electron chi connectivity index (χ0n) is 21.0. The summed E-state index contributed by atoms with van der Waals surface area (Å²) in [6.07, 6.45) is 2.06. The number of aromatic nitrogens is 2. The van der Waals surface area contributed by atoms with Crippen molar-refractivity contribution >= 4 is 33.6 Å². The monoisotopic (exact) mass is 492 g/mol. The molecule has 0 radical (unpaired) electrons. The number of nitrogens with two attached hydrogens (primary N) is 1. The number of aryl methyl sites for hydroxylation is 2. The van der Waals surface area contributed by atoms with Gasteiger partial charge in [-0.15, -0.1) is 0 Å². The Kier molecular flexibility index (Phi) is 5.56. The number of benzene rings is 3. The van der Waals surface area contributed by atoms with Gasteiger partial charge in [-0.2, -0.15) is 0 Å². The van der Waals surface area contributed by atoms with Crippen molar-refractivity contribution in [2.75, 3.05) is 13.1 Å². The number of amides is 2. The lowest BCUT2D eigenvalue weighted by molar-refractivity contribution is 0.0792. The zero-order valence-corrected chi connectivity index (χ0v) is 21.0. The van der Waals surface area contributed by atoms with Crippen LogP contribution in [0.4, 0.5) is 0 Å². The van der Waals surface area contributed by atoms with Crippen molar-refractivity contribution in [3.05, 3.63) is 88.8 Å². The third kappa shape index (κ3) is 3.87. The third-order valence-corrected chi connectivity index (χ3v) is 7.38. The Morgan fingerprint density at radius 1 is 0.973 bits per heavy atom. The van der Waals surface area contributed by atoms with Crippen LogP contribution in [0.1, 0.15) is 50.6 Å².